The topological polar surface area (TPSA) is 117 Å². The van der Waals surface area contributed by atoms with Gasteiger partial charge in [-0.1, -0.05) is 32.0 Å². The van der Waals surface area contributed by atoms with Crippen LogP contribution in [0, 0.1) is 36.8 Å². The van der Waals surface area contributed by atoms with Crippen LogP contribution in [0.4, 0.5) is 8.78 Å². The lowest BCUT2D eigenvalue weighted by Crippen LogP contribution is -3.00. The van der Waals surface area contributed by atoms with Crippen molar-refractivity contribution in [1.29, 1.82) is 5.26 Å². The average Bonchev–Trinajstić information content (AvgIpc) is 3.71. The van der Waals surface area contributed by atoms with Crippen LogP contribution >= 0.6 is 11.3 Å². The van der Waals surface area contributed by atoms with Crippen molar-refractivity contribution in [2.45, 2.75) is 52.3 Å². The van der Waals surface area contributed by atoms with Crippen LogP contribution in [-0.4, -0.2) is 38.9 Å². The van der Waals surface area contributed by atoms with Crippen molar-refractivity contribution in [2.24, 2.45) is 0 Å². The van der Waals surface area contributed by atoms with Crippen LogP contribution in [0.3, 0.4) is 0 Å². The summed E-state index contributed by atoms with van der Waals surface area (Å²) in [5.41, 5.74) is 2.63. The van der Waals surface area contributed by atoms with Crippen molar-refractivity contribution in [2.75, 3.05) is 13.1 Å². The molecule has 0 saturated carbocycles. The summed E-state index contributed by atoms with van der Waals surface area (Å²) in [7, 11) is 0. The predicted octanol–water partition coefficient (Wildman–Crippen LogP) is 2.32. The molecular formula is C35H35BrF2N6O3S. The highest BCUT2D eigenvalue weighted by atomic mass is 79.9. The Morgan fingerprint density at radius 1 is 1.17 bits per heavy atom. The van der Waals surface area contributed by atoms with Crippen molar-refractivity contribution in [3.63, 3.8) is 0 Å². The maximum Gasteiger partial charge on any atom is 0.325 e. The Balaban J connectivity index is 0.00000520. The number of thiazole rings is 1. The summed E-state index contributed by atoms with van der Waals surface area (Å²) in [6, 6.07) is 16.1. The van der Waals surface area contributed by atoms with Crippen molar-refractivity contribution in [3.8, 4) is 23.1 Å². The van der Waals surface area contributed by atoms with E-state index in [-0.39, 0.29) is 41.6 Å². The Labute approximate surface area is 292 Å². The van der Waals surface area contributed by atoms with Gasteiger partial charge in [-0.25, -0.2) is 18.3 Å². The molecule has 250 valence electrons. The van der Waals surface area contributed by atoms with Gasteiger partial charge < -0.3 is 32.1 Å². The zero-order chi connectivity index (χ0) is 33.7. The first-order valence-corrected chi connectivity index (χ1v) is 16.0. The van der Waals surface area contributed by atoms with Gasteiger partial charge in [0.25, 0.3) is 6.33 Å². The fraction of sp³-hybridized carbons (Fsp3) is 0.286. The number of aliphatic hydroxyl groups is 1. The molecule has 2 aromatic heterocycles. The summed E-state index contributed by atoms with van der Waals surface area (Å²) in [4.78, 5) is 16.9. The van der Waals surface area contributed by atoms with Crippen LogP contribution in [-0.2, 0) is 23.5 Å². The molecule has 5 rings (SSSR count). The highest BCUT2D eigenvalue weighted by molar-refractivity contribution is 7.10. The number of rotatable bonds is 12. The zero-order valence-corrected chi connectivity index (χ0v) is 29.3. The van der Waals surface area contributed by atoms with E-state index in [2.05, 4.69) is 16.5 Å². The van der Waals surface area contributed by atoms with E-state index in [9.17, 15) is 14.3 Å². The molecule has 0 aliphatic heterocycles. The van der Waals surface area contributed by atoms with Crippen LogP contribution in [0.5, 0.6) is 5.75 Å². The van der Waals surface area contributed by atoms with Crippen molar-refractivity contribution < 1.29 is 45.0 Å². The molecule has 3 aromatic carbocycles. The van der Waals surface area contributed by atoms with E-state index >= 15 is 4.39 Å². The van der Waals surface area contributed by atoms with Gasteiger partial charge in [0.1, 0.15) is 29.5 Å². The van der Waals surface area contributed by atoms with Gasteiger partial charge in [-0.05, 0) is 67.4 Å². The normalized spacial score (nSPS) is 12.9. The number of carbonyl (C=O) groups is 1. The summed E-state index contributed by atoms with van der Waals surface area (Å²) < 4.78 is 38.1. The molecule has 13 heteroatoms. The third-order valence-electron chi connectivity index (χ3n) is 7.97. The van der Waals surface area contributed by atoms with E-state index in [1.807, 2.05) is 42.9 Å². The number of nitriles is 1. The number of hydrogen-bond acceptors (Lipinski definition) is 8. The third-order valence-corrected chi connectivity index (χ3v) is 9.00. The summed E-state index contributed by atoms with van der Waals surface area (Å²) in [6.07, 6.45) is 3.31. The average molecular weight is 738 g/mol. The lowest BCUT2D eigenvalue weighted by molar-refractivity contribution is -0.689. The van der Waals surface area contributed by atoms with Crippen LogP contribution in [0.2, 0.25) is 0 Å². The molecule has 48 heavy (non-hydrogen) atoms. The van der Waals surface area contributed by atoms with Gasteiger partial charge >= 0.3 is 5.97 Å². The highest BCUT2D eigenvalue weighted by Crippen LogP contribution is 2.41. The molecule has 2 N–H and O–H groups in total. The zero-order valence-electron chi connectivity index (χ0n) is 26.9. The van der Waals surface area contributed by atoms with E-state index < -0.39 is 23.2 Å². The minimum absolute atomic E-state index is 0. The molecular weight excluding hydrogens is 702 g/mol. The number of aromatic nitrogens is 4. The molecule has 0 aliphatic carbocycles. The van der Waals surface area contributed by atoms with Gasteiger partial charge in [-0.2, -0.15) is 5.26 Å². The monoisotopic (exact) mass is 736 g/mol. The smallest absolute Gasteiger partial charge is 0.325 e. The molecule has 2 heterocycles. The Morgan fingerprint density at radius 2 is 1.88 bits per heavy atom. The van der Waals surface area contributed by atoms with E-state index in [1.165, 1.54) is 22.1 Å². The number of nitrogens with zero attached hydrogens (tertiary/aromatic N) is 5. The molecule has 2 atom stereocenters. The number of esters is 1. The first-order valence-electron chi connectivity index (χ1n) is 15.1. The highest BCUT2D eigenvalue weighted by Gasteiger charge is 2.43. The standard InChI is InChI=1S/C35H35F2N6O3S.BrH/c1-5-39-16-32(44)46-33-22(2)12-26(13-23(33)3)17-42-20-40-43(21-42)19-35(45,29-11-10-28(36)14-30(29)37)24(4)34-41-31(18-47-34)27-8-6-25(15-38)7-9-27;/h6-14,18,20-21,24,39,45H,5,16-17,19H2,1-4H3;1H/q+1;/p-1/t24-,35+;/m0./s1. The van der Waals surface area contributed by atoms with E-state index in [0.717, 1.165) is 34.4 Å². The number of ether oxygens (including phenoxy) is 1. The number of benzene rings is 3. The van der Waals surface area contributed by atoms with Gasteiger partial charge in [-0.3, -0.25) is 4.79 Å². The summed E-state index contributed by atoms with van der Waals surface area (Å²) in [5.74, 6) is -2.17. The molecule has 0 fully saturated rings. The van der Waals surface area contributed by atoms with Gasteiger partial charge in [0.2, 0.25) is 6.33 Å². The molecule has 5 aromatic rings. The maximum atomic E-state index is 15.3. The maximum absolute atomic E-state index is 15.3. The Morgan fingerprint density at radius 3 is 2.52 bits per heavy atom. The Bertz CT molecular complexity index is 1920. The fourth-order valence-corrected chi connectivity index (χ4v) is 6.46. The number of likely N-dealkylation sites (N-methyl/N-ethyl adjacent to an activating group) is 1. The van der Waals surface area contributed by atoms with Crippen molar-refractivity contribution in [1.82, 2.24) is 20.1 Å². The first kappa shape index (κ1) is 36.5. The predicted molar refractivity (Wildman–Crippen MR) is 173 cm³/mol. The van der Waals surface area contributed by atoms with Crippen LogP contribution in [0.25, 0.3) is 11.3 Å². The van der Waals surface area contributed by atoms with E-state index in [4.69, 9.17) is 15.0 Å². The third kappa shape index (κ3) is 8.19. The number of carbonyl (C=O) groups excluding carboxylic acids is 1. The first-order chi connectivity index (χ1) is 22.5. The van der Waals surface area contributed by atoms with Crippen LogP contribution in [0.15, 0.2) is 72.6 Å². The van der Waals surface area contributed by atoms with E-state index in [0.29, 0.717) is 35.1 Å². The number of aryl methyl sites for hydroxylation is 2. The lowest BCUT2D eigenvalue weighted by atomic mass is 9.82. The lowest BCUT2D eigenvalue weighted by Gasteiger charge is -2.32. The molecule has 0 bridgehead atoms. The Kier molecular flexibility index (Phi) is 11.9. The van der Waals surface area contributed by atoms with Gasteiger partial charge in [-0.15, -0.1) is 16.0 Å². The summed E-state index contributed by atoms with van der Waals surface area (Å²) in [5, 5.41) is 31.2. The number of hydrogen-bond donors (Lipinski definition) is 2. The summed E-state index contributed by atoms with van der Waals surface area (Å²) in [6.45, 7) is 8.50. The molecule has 0 unspecified atom stereocenters. The molecule has 0 aliphatic rings. The molecule has 0 saturated heterocycles. The molecule has 0 spiro atoms. The molecule has 9 nitrogen and oxygen atoms in total. The van der Waals surface area contributed by atoms with Gasteiger partial charge in [0, 0.05) is 33.6 Å². The molecule has 0 amide bonds. The van der Waals surface area contributed by atoms with E-state index in [1.54, 1.807) is 43.8 Å². The van der Waals surface area contributed by atoms with Gasteiger partial charge in [0.15, 0.2) is 0 Å². The number of nitrogens with one attached hydrogen (secondary N) is 1. The minimum Gasteiger partial charge on any atom is -1.00 e. The van der Waals surface area contributed by atoms with Crippen LogP contribution in [0.1, 0.15) is 52.6 Å². The Hall–Kier alpha value is -4.35. The second-order valence-corrected chi connectivity index (χ2v) is 12.3. The second kappa shape index (κ2) is 15.7. The van der Waals surface area contributed by atoms with Crippen molar-refractivity contribution >= 4 is 17.3 Å². The number of halogens is 3. The van der Waals surface area contributed by atoms with Crippen LogP contribution < -0.4 is 31.6 Å². The minimum atomic E-state index is -1.85. The fourth-order valence-electron chi connectivity index (χ4n) is 5.49. The largest absolute Gasteiger partial charge is 1.00 e. The second-order valence-electron chi connectivity index (χ2n) is 11.5. The van der Waals surface area contributed by atoms with Gasteiger partial charge in [0.05, 0.1) is 35.4 Å². The quantitative estimate of drug-likeness (QED) is 0.115. The van der Waals surface area contributed by atoms with Crippen molar-refractivity contribution in [3.05, 3.63) is 117 Å². The molecule has 0 radical (unpaired) electrons. The SMILES string of the molecule is CCNCC(=O)Oc1c(C)cc(C[n+]2cnn(C[C@](O)(c3ccc(F)cc3F)[C@@H](C)c3nc(-c4ccc(C#N)cc4)cs3)c2)cc1C.[Br-]. The summed E-state index contributed by atoms with van der Waals surface area (Å²) >= 11 is 1.32.